The molecule has 24 heavy (non-hydrogen) atoms. The van der Waals surface area contributed by atoms with Crippen molar-refractivity contribution < 1.29 is 9.47 Å². The van der Waals surface area contributed by atoms with Gasteiger partial charge in [-0.3, -0.25) is 0 Å². The molecule has 0 aliphatic rings. The quantitative estimate of drug-likeness (QED) is 0.552. The second-order valence-electron chi connectivity index (χ2n) is 5.12. The first-order valence-corrected chi connectivity index (χ1v) is 8.79. The molecule has 3 rings (SSSR count). The van der Waals surface area contributed by atoms with E-state index in [4.69, 9.17) is 21.1 Å². The van der Waals surface area contributed by atoms with Gasteiger partial charge >= 0.3 is 0 Å². The fraction of sp³-hybridized carbons (Fsp3) is 0.167. The molecular formula is C18H16BrClN2O2. The number of hydrogen-bond acceptors (Lipinski definition) is 3. The lowest BCUT2D eigenvalue weighted by Crippen LogP contribution is -2.00. The van der Waals surface area contributed by atoms with Crippen molar-refractivity contribution in [1.29, 1.82) is 0 Å². The highest BCUT2D eigenvalue weighted by molar-refractivity contribution is 9.08. The molecule has 3 aromatic rings. The van der Waals surface area contributed by atoms with Crippen LogP contribution >= 0.6 is 27.5 Å². The van der Waals surface area contributed by atoms with E-state index >= 15 is 0 Å². The van der Waals surface area contributed by atoms with Crippen molar-refractivity contribution in [3.8, 4) is 28.4 Å². The number of rotatable bonds is 5. The molecule has 0 bridgehead atoms. The Morgan fingerprint density at radius 2 is 1.71 bits per heavy atom. The second kappa shape index (κ2) is 7.28. The molecule has 124 valence electrons. The number of nitrogens with zero attached hydrogens (tertiary/aromatic N) is 2. The minimum absolute atomic E-state index is 0.637. The lowest BCUT2D eigenvalue weighted by Gasteiger charge is -2.12. The zero-order chi connectivity index (χ0) is 17.1. The van der Waals surface area contributed by atoms with Crippen LogP contribution in [0, 0.1) is 0 Å². The first kappa shape index (κ1) is 16.9. The fourth-order valence-corrected chi connectivity index (χ4v) is 2.95. The third-order valence-corrected chi connectivity index (χ3v) is 4.52. The molecule has 0 atom stereocenters. The van der Waals surface area contributed by atoms with Crippen molar-refractivity contribution in [2.45, 2.75) is 5.33 Å². The maximum atomic E-state index is 6.37. The Morgan fingerprint density at radius 3 is 2.29 bits per heavy atom. The average Bonchev–Trinajstić information content (AvgIpc) is 3.06. The van der Waals surface area contributed by atoms with Crippen LogP contribution in [0.4, 0.5) is 0 Å². The first-order chi connectivity index (χ1) is 11.7. The normalized spacial score (nSPS) is 10.7. The Hall–Kier alpha value is -1.98. The zero-order valence-electron chi connectivity index (χ0n) is 13.3. The Morgan fingerprint density at radius 1 is 1.04 bits per heavy atom. The van der Waals surface area contributed by atoms with Crippen molar-refractivity contribution in [3.05, 3.63) is 59.2 Å². The van der Waals surface area contributed by atoms with E-state index < -0.39 is 0 Å². The number of para-hydroxylation sites is 1. The van der Waals surface area contributed by atoms with Crippen LogP contribution in [0.1, 0.15) is 5.69 Å². The van der Waals surface area contributed by atoms with Crippen LogP contribution in [0.5, 0.6) is 11.5 Å². The molecule has 4 nitrogen and oxygen atoms in total. The summed E-state index contributed by atoms with van der Waals surface area (Å²) in [5, 5.41) is 5.94. The van der Waals surface area contributed by atoms with E-state index in [1.165, 1.54) is 0 Å². The molecule has 0 radical (unpaired) electrons. The standard InChI is InChI=1S/C18H16BrClN2O2/c1-23-14-7-12(8-15(10-14)24-2)18-9-13(11-19)21-22(18)17-6-4-3-5-16(17)20/h3-10H,11H2,1-2H3. The number of halogens is 2. The van der Waals surface area contributed by atoms with Gasteiger partial charge in [-0.25, -0.2) is 4.68 Å². The van der Waals surface area contributed by atoms with Crippen molar-refractivity contribution in [1.82, 2.24) is 9.78 Å². The van der Waals surface area contributed by atoms with Gasteiger partial charge in [0.25, 0.3) is 0 Å². The predicted octanol–water partition coefficient (Wildman–Crippen LogP) is 5.10. The van der Waals surface area contributed by atoms with Gasteiger partial charge in [-0.2, -0.15) is 5.10 Å². The lowest BCUT2D eigenvalue weighted by atomic mass is 10.1. The van der Waals surface area contributed by atoms with Gasteiger partial charge in [0.05, 0.1) is 36.3 Å². The van der Waals surface area contributed by atoms with E-state index in [2.05, 4.69) is 21.0 Å². The molecule has 0 unspecified atom stereocenters. The van der Waals surface area contributed by atoms with Gasteiger partial charge < -0.3 is 9.47 Å². The molecule has 0 aliphatic carbocycles. The maximum Gasteiger partial charge on any atom is 0.123 e. The topological polar surface area (TPSA) is 36.3 Å². The second-order valence-corrected chi connectivity index (χ2v) is 6.09. The summed E-state index contributed by atoms with van der Waals surface area (Å²) in [5.41, 5.74) is 3.58. The molecule has 0 N–H and O–H groups in total. The third-order valence-electron chi connectivity index (χ3n) is 3.62. The van der Waals surface area contributed by atoms with Crippen LogP contribution in [-0.2, 0) is 5.33 Å². The summed E-state index contributed by atoms with van der Waals surface area (Å²) < 4.78 is 12.6. The summed E-state index contributed by atoms with van der Waals surface area (Å²) in [6.45, 7) is 0. The van der Waals surface area contributed by atoms with Crippen molar-refractivity contribution in [2.75, 3.05) is 14.2 Å². The number of methoxy groups -OCH3 is 2. The number of aromatic nitrogens is 2. The van der Waals surface area contributed by atoms with Crippen LogP contribution in [0.25, 0.3) is 16.9 Å². The summed E-state index contributed by atoms with van der Waals surface area (Å²) in [6.07, 6.45) is 0. The Bertz CT molecular complexity index is 842. The van der Waals surface area contributed by atoms with E-state index in [1.807, 2.05) is 53.2 Å². The SMILES string of the molecule is COc1cc(OC)cc(-c2cc(CBr)nn2-c2ccccc2Cl)c1. The Kier molecular flexibility index (Phi) is 5.11. The van der Waals surface area contributed by atoms with Gasteiger partial charge in [-0.05, 0) is 30.3 Å². The molecule has 0 spiro atoms. The molecule has 0 saturated carbocycles. The largest absolute Gasteiger partial charge is 0.497 e. The predicted molar refractivity (Wildman–Crippen MR) is 99.7 cm³/mol. The van der Waals surface area contributed by atoms with Gasteiger partial charge in [0.2, 0.25) is 0 Å². The Balaban J connectivity index is 2.22. The molecule has 0 amide bonds. The van der Waals surface area contributed by atoms with Crippen molar-refractivity contribution in [2.24, 2.45) is 0 Å². The van der Waals surface area contributed by atoms with Crippen LogP contribution in [0.2, 0.25) is 5.02 Å². The van der Waals surface area contributed by atoms with E-state index in [0.29, 0.717) is 10.4 Å². The molecule has 1 heterocycles. The maximum absolute atomic E-state index is 6.37. The van der Waals surface area contributed by atoms with Gasteiger partial charge in [-0.1, -0.05) is 39.7 Å². The highest BCUT2D eigenvalue weighted by Gasteiger charge is 2.15. The minimum Gasteiger partial charge on any atom is -0.497 e. The molecule has 2 aromatic carbocycles. The number of ether oxygens (including phenoxy) is 2. The molecule has 6 heteroatoms. The van der Waals surface area contributed by atoms with Crippen LogP contribution < -0.4 is 9.47 Å². The van der Waals surface area contributed by atoms with Crippen LogP contribution in [0.3, 0.4) is 0 Å². The number of alkyl halides is 1. The molecule has 0 saturated heterocycles. The van der Waals surface area contributed by atoms with Gasteiger partial charge in [0, 0.05) is 17.0 Å². The van der Waals surface area contributed by atoms with Crippen molar-refractivity contribution in [3.63, 3.8) is 0 Å². The molecule has 0 aliphatic heterocycles. The van der Waals surface area contributed by atoms with E-state index in [9.17, 15) is 0 Å². The van der Waals surface area contributed by atoms with E-state index in [-0.39, 0.29) is 0 Å². The minimum atomic E-state index is 0.637. The lowest BCUT2D eigenvalue weighted by molar-refractivity contribution is 0.394. The fourth-order valence-electron chi connectivity index (χ4n) is 2.46. The molecule has 1 aromatic heterocycles. The average molecular weight is 408 g/mol. The summed E-state index contributed by atoms with van der Waals surface area (Å²) in [4.78, 5) is 0. The van der Waals surface area contributed by atoms with Gasteiger partial charge in [0.15, 0.2) is 0 Å². The molecular weight excluding hydrogens is 392 g/mol. The zero-order valence-corrected chi connectivity index (χ0v) is 15.6. The highest BCUT2D eigenvalue weighted by Crippen LogP contribution is 2.33. The van der Waals surface area contributed by atoms with Gasteiger partial charge in [-0.15, -0.1) is 0 Å². The Labute approximate surface area is 154 Å². The van der Waals surface area contributed by atoms with Gasteiger partial charge in [0.1, 0.15) is 11.5 Å². The first-order valence-electron chi connectivity index (χ1n) is 7.29. The number of benzene rings is 2. The summed E-state index contributed by atoms with van der Waals surface area (Å²) in [6, 6.07) is 15.4. The molecule has 0 fully saturated rings. The summed E-state index contributed by atoms with van der Waals surface area (Å²) in [7, 11) is 3.27. The van der Waals surface area contributed by atoms with Crippen LogP contribution in [0.15, 0.2) is 48.5 Å². The summed E-state index contributed by atoms with van der Waals surface area (Å²) >= 11 is 9.83. The highest BCUT2D eigenvalue weighted by atomic mass is 79.9. The monoisotopic (exact) mass is 406 g/mol. The van der Waals surface area contributed by atoms with Crippen molar-refractivity contribution >= 4 is 27.5 Å². The summed E-state index contributed by atoms with van der Waals surface area (Å²) in [5.74, 6) is 1.44. The smallest absolute Gasteiger partial charge is 0.123 e. The van der Waals surface area contributed by atoms with Crippen LogP contribution in [-0.4, -0.2) is 24.0 Å². The number of hydrogen-bond donors (Lipinski definition) is 0. The van der Waals surface area contributed by atoms with E-state index in [1.54, 1.807) is 14.2 Å². The third kappa shape index (κ3) is 3.28. The van der Waals surface area contributed by atoms with E-state index in [0.717, 1.165) is 34.1 Å².